The number of aromatic nitrogens is 1. The summed E-state index contributed by atoms with van der Waals surface area (Å²) >= 11 is 4.95. The van der Waals surface area contributed by atoms with E-state index in [9.17, 15) is 4.39 Å². The van der Waals surface area contributed by atoms with Crippen LogP contribution in [0.2, 0.25) is 0 Å². The molecule has 0 spiro atoms. The first kappa shape index (κ1) is 8.19. The highest BCUT2D eigenvalue weighted by Gasteiger charge is 2.06. The van der Waals surface area contributed by atoms with E-state index in [-0.39, 0.29) is 4.47 Å². The number of rotatable bonds is 0. The summed E-state index contributed by atoms with van der Waals surface area (Å²) in [6.07, 6.45) is 1.38. The molecule has 1 heterocycles. The van der Waals surface area contributed by atoms with Crippen LogP contribution in [0.1, 0.15) is 0 Å². The second kappa shape index (κ2) is 3.00. The molecule has 5 heteroatoms. The van der Waals surface area contributed by atoms with Gasteiger partial charge in [0.1, 0.15) is 0 Å². The lowest BCUT2D eigenvalue weighted by Crippen LogP contribution is -1.95. The standard InChI is InChI=1S/C5H3BrFIN2/c6-3-4(9)2(8)1-10-5(3)7/h1H,(H2,9,10). The van der Waals surface area contributed by atoms with Crippen LogP contribution in [0, 0.1) is 9.52 Å². The average Bonchev–Trinajstić information content (AvgIpc) is 1.93. The van der Waals surface area contributed by atoms with Gasteiger partial charge in [0.2, 0.25) is 5.95 Å². The lowest BCUT2D eigenvalue weighted by Gasteiger charge is -1.99. The monoisotopic (exact) mass is 316 g/mol. The first-order valence-corrected chi connectivity index (χ1v) is 4.25. The van der Waals surface area contributed by atoms with E-state index in [0.717, 1.165) is 3.57 Å². The Morgan fingerprint density at radius 3 is 2.80 bits per heavy atom. The van der Waals surface area contributed by atoms with E-state index in [2.05, 4.69) is 20.9 Å². The molecule has 0 amide bonds. The number of nitrogens with zero attached hydrogens (tertiary/aromatic N) is 1. The van der Waals surface area contributed by atoms with E-state index in [1.54, 1.807) is 0 Å². The van der Waals surface area contributed by atoms with Gasteiger partial charge >= 0.3 is 0 Å². The van der Waals surface area contributed by atoms with Crippen molar-refractivity contribution in [1.29, 1.82) is 0 Å². The van der Waals surface area contributed by atoms with Crippen LogP contribution >= 0.6 is 38.5 Å². The van der Waals surface area contributed by atoms with Gasteiger partial charge in [0.05, 0.1) is 13.7 Å². The molecule has 1 rings (SSSR count). The van der Waals surface area contributed by atoms with E-state index < -0.39 is 5.95 Å². The molecule has 0 fully saturated rings. The Kier molecular flexibility index (Phi) is 2.45. The lowest BCUT2D eigenvalue weighted by molar-refractivity contribution is 0.577. The van der Waals surface area contributed by atoms with Crippen LogP contribution in [0.15, 0.2) is 10.7 Å². The van der Waals surface area contributed by atoms with E-state index in [0.29, 0.717) is 5.69 Å². The Hall–Kier alpha value is 0.0900. The molecule has 2 N–H and O–H groups in total. The number of anilines is 1. The number of hydrogen-bond donors (Lipinski definition) is 1. The Bertz CT molecular complexity index is 239. The molecule has 0 aliphatic rings. The Balaban J connectivity index is 3.34. The van der Waals surface area contributed by atoms with Gasteiger partial charge in [-0.3, -0.25) is 0 Å². The van der Waals surface area contributed by atoms with Crippen LogP contribution in [-0.4, -0.2) is 4.98 Å². The zero-order chi connectivity index (χ0) is 7.72. The number of nitrogen functional groups attached to an aromatic ring is 1. The molecule has 0 saturated carbocycles. The molecule has 54 valence electrons. The topological polar surface area (TPSA) is 38.9 Å². The summed E-state index contributed by atoms with van der Waals surface area (Å²) in [6.45, 7) is 0. The predicted molar refractivity (Wildman–Crippen MR) is 49.0 cm³/mol. The van der Waals surface area contributed by atoms with Gasteiger partial charge in [0, 0.05) is 6.20 Å². The van der Waals surface area contributed by atoms with Gasteiger partial charge < -0.3 is 5.73 Å². The van der Waals surface area contributed by atoms with Crippen LogP contribution in [-0.2, 0) is 0 Å². The van der Waals surface area contributed by atoms with Crippen molar-refractivity contribution in [2.75, 3.05) is 5.73 Å². The first-order valence-electron chi connectivity index (χ1n) is 2.38. The highest BCUT2D eigenvalue weighted by Crippen LogP contribution is 2.25. The van der Waals surface area contributed by atoms with Gasteiger partial charge in [-0.25, -0.2) is 4.98 Å². The maximum Gasteiger partial charge on any atom is 0.229 e. The second-order valence-corrected chi connectivity index (χ2v) is 3.58. The van der Waals surface area contributed by atoms with Gasteiger partial charge in [0.15, 0.2) is 0 Å². The van der Waals surface area contributed by atoms with Crippen molar-refractivity contribution >= 4 is 44.2 Å². The molecule has 0 aromatic carbocycles. The summed E-state index contributed by atoms with van der Waals surface area (Å²) in [5.74, 6) is -0.571. The Morgan fingerprint density at radius 2 is 2.30 bits per heavy atom. The van der Waals surface area contributed by atoms with Crippen LogP contribution < -0.4 is 5.73 Å². The van der Waals surface area contributed by atoms with E-state index >= 15 is 0 Å². The van der Waals surface area contributed by atoms with Crippen molar-refractivity contribution in [3.05, 3.63) is 20.2 Å². The van der Waals surface area contributed by atoms with Crippen molar-refractivity contribution in [3.63, 3.8) is 0 Å². The minimum absolute atomic E-state index is 0.236. The Labute approximate surface area is 79.3 Å². The smallest absolute Gasteiger partial charge is 0.229 e. The Morgan fingerprint density at radius 1 is 1.70 bits per heavy atom. The van der Waals surface area contributed by atoms with E-state index in [1.807, 2.05) is 22.6 Å². The summed E-state index contributed by atoms with van der Waals surface area (Å²) in [4.78, 5) is 3.44. The zero-order valence-corrected chi connectivity index (χ0v) is 8.48. The zero-order valence-electron chi connectivity index (χ0n) is 4.74. The fourth-order valence-electron chi connectivity index (χ4n) is 0.456. The number of nitrogens with two attached hydrogens (primary N) is 1. The summed E-state index contributed by atoms with van der Waals surface area (Å²) in [5.41, 5.74) is 5.84. The lowest BCUT2D eigenvalue weighted by atomic mass is 10.4. The molecule has 0 aliphatic carbocycles. The molecular formula is C5H3BrFIN2. The van der Waals surface area contributed by atoms with Gasteiger partial charge in [-0.2, -0.15) is 4.39 Å². The maximum atomic E-state index is 12.5. The number of pyridine rings is 1. The van der Waals surface area contributed by atoms with Crippen molar-refractivity contribution < 1.29 is 4.39 Å². The first-order chi connectivity index (χ1) is 4.63. The maximum absolute atomic E-state index is 12.5. The van der Waals surface area contributed by atoms with Crippen molar-refractivity contribution in [1.82, 2.24) is 4.98 Å². The fourth-order valence-corrected chi connectivity index (χ4v) is 1.55. The summed E-state index contributed by atoms with van der Waals surface area (Å²) in [7, 11) is 0. The SMILES string of the molecule is Nc1c(I)cnc(F)c1Br. The predicted octanol–water partition coefficient (Wildman–Crippen LogP) is 2.17. The second-order valence-electron chi connectivity index (χ2n) is 1.62. The normalized spacial score (nSPS) is 9.90. The minimum Gasteiger partial charge on any atom is -0.397 e. The quantitative estimate of drug-likeness (QED) is 0.588. The highest BCUT2D eigenvalue weighted by atomic mass is 127. The summed E-state index contributed by atoms with van der Waals surface area (Å²) < 4.78 is 13.5. The molecule has 0 atom stereocenters. The number of hydrogen-bond acceptors (Lipinski definition) is 2. The van der Waals surface area contributed by atoms with E-state index in [4.69, 9.17) is 5.73 Å². The van der Waals surface area contributed by atoms with Crippen LogP contribution in [0.25, 0.3) is 0 Å². The fraction of sp³-hybridized carbons (Fsp3) is 0. The molecular weight excluding hydrogens is 314 g/mol. The van der Waals surface area contributed by atoms with Crippen molar-refractivity contribution in [3.8, 4) is 0 Å². The third kappa shape index (κ3) is 1.39. The average molecular weight is 317 g/mol. The number of halogens is 3. The molecule has 1 aromatic rings. The van der Waals surface area contributed by atoms with Gasteiger partial charge in [-0.15, -0.1) is 0 Å². The molecule has 0 saturated heterocycles. The summed E-state index contributed by atoms with van der Waals surface area (Å²) in [6, 6.07) is 0. The highest BCUT2D eigenvalue weighted by molar-refractivity contribution is 14.1. The van der Waals surface area contributed by atoms with Crippen LogP contribution in [0.3, 0.4) is 0 Å². The van der Waals surface area contributed by atoms with Gasteiger partial charge in [-0.1, -0.05) is 0 Å². The largest absolute Gasteiger partial charge is 0.397 e. The van der Waals surface area contributed by atoms with Crippen LogP contribution in [0.4, 0.5) is 10.1 Å². The van der Waals surface area contributed by atoms with Crippen molar-refractivity contribution in [2.45, 2.75) is 0 Å². The molecule has 2 nitrogen and oxygen atoms in total. The molecule has 1 aromatic heterocycles. The third-order valence-corrected chi connectivity index (χ3v) is 2.58. The molecule has 0 bridgehead atoms. The molecule has 0 unspecified atom stereocenters. The third-order valence-electron chi connectivity index (χ3n) is 0.966. The van der Waals surface area contributed by atoms with Gasteiger partial charge in [-0.05, 0) is 38.5 Å². The minimum atomic E-state index is -0.571. The van der Waals surface area contributed by atoms with Gasteiger partial charge in [0.25, 0.3) is 0 Å². The van der Waals surface area contributed by atoms with Crippen LogP contribution in [0.5, 0.6) is 0 Å². The molecule has 0 radical (unpaired) electrons. The summed E-state index contributed by atoms with van der Waals surface area (Å²) in [5, 5.41) is 0. The van der Waals surface area contributed by atoms with E-state index in [1.165, 1.54) is 6.20 Å². The molecule has 0 aliphatic heterocycles. The molecule has 10 heavy (non-hydrogen) atoms. The van der Waals surface area contributed by atoms with Crippen molar-refractivity contribution in [2.24, 2.45) is 0 Å².